The summed E-state index contributed by atoms with van der Waals surface area (Å²) in [5, 5.41) is 14.8. The molecule has 3 N–H and O–H groups in total. The molecule has 11 nitrogen and oxygen atoms in total. The number of aromatic nitrogens is 1. The number of nitrogens with one attached hydrogen (secondary N) is 2. The summed E-state index contributed by atoms with van der Waals surface area (Å²) in [6, 6.07) is 12.8. The first-order valence-electron chi connectivity index (χ1n) is 16.7. The van der Waals surface area contributed by atoms with Crippen LogP contribution in [-0.2, 0) is 35.0 Å². The zero-order valence-electron chi connectivity index (χ0n) is 28.3. The van der Waals surface area contributed by atoms with Crippen molar-refractivity contribution < 1.29 is 43.2 Å². The van der Waals surface area contributed by atoms with Crippen molar-refractivity contribution in [1.82, 2.24) is 10.3 Å². The van der Waals surface area contributed by atoms with Crippen LogP contribution in [0, 0.1) is 29.1 Å². The van der Waals surface area contributed by atoms with E-state index in [-0.39, 0.29) is 18.9 Å². The van der Waals surface area contributed by atoms with Gasteiger partial charge in [-0.2, -0.15) is 0 Å². The number of ether oxygens (including phenoxy) is 5. The second-order valence-corrected chi connectivity index (χ2v) is 14.0. The number of alkyl carbamates (subject to hydrolysis) is 1. The number of carbonyl (C=O) groups is 3. The van der Waals surface area contributed by atoms with Crippen molar-refractivity contribution in [3.05, 3.63) is 83.7 Å². The van der Waals surface area contributed by atoms with Crippen molar-refractivity contribution in [2.45, 2.75) is 89.8 Å². The number of hydrogen-bond acceptors (Lipinski definition) is 9. The number of cyclic esters (lactones) is 1. The lowest BCUT2D eigenvalue weighted by molar-refractivity contribution is -0.172. The molecule has 12 atom stereocenters. The Morgan fingerprint density at radius 1 is 1.17 bits per heavy atom. The Morgan fingerprint density at radius 3 is 2.60 bits per heavy atom. The SMILES string of the molecule is CO[C@H]1C[C@H]2C=C[C@]3(C)[C@H]4[C@H](O)[C@@H](C)[C@@H](OC(=O)c5ccc[nH]5)[C@@H]3O[C@@]24/C(C)=C/[C@@H](C)[C@@H]([C@@H](C)OC(=O)NCc2ccccc2)OC1=O. The number of rotatable bonds is 7. The van der Waals surface area contributed by atoms with E-state index in [1.54, 1.807) is 25.3 Å². The Labute approximate surface area is 281 Å². The van der Waals surface area contributed by atoms with Gasteiger partial charge in [0.15, 0.2) is 6.10 Å². The average molecular weight is 663 g/mol. The van der Waals surface area contributed by atoms with Crippen molar-refractivity contribution in [3.8, 4) is 0 Å². The van der Waals surface area contributed by atoms with Gasteiger partial charge in [0.1, 0.15) is 35.7 Å². The maximum Gasteiger partial charge on any atom is 0.407 e. The zero-order valence-corrected chi connectivity index (χ0v) is 28.3. The molecule has 2 aliphatic carbocycles. The number of aromatic amines is 1. The van der Waals surface area contributed by atoms with Gasteiger partial charge < -0.3 is 39.1 Å². The molecule has 1 aromatic carbocycles. The number of benzene rings is 1. The van der Waals surface area contributed by atoms with Crippen molar-refractivity contribution in [3.63, 3.8) is 0 Å². The van der Waals surface area contributed by atoms with E-state index in [2.05, 4.69) is 16.4 Å². The molecule has 2 aliphatic heterocycles. The summed E-state index contributed by atoms with van der Waals surface area (Å²) in [6.07, 6.45) is 2.53. The molecular weight excluding hydrogens is 616 g/mol. The molecule has 2 fully saturated rings. The number of carbonyl (C=O) groups excluding carboxylic acids is 3. The van der Waals surface area contributed by atoms with E-state index in [9.17, 15) is 19.5 Å². The Morgan fingerprint density at radius 2 is 1.92 bits per heavy atom. The number of H-pyrrole nitrogens is 1. The summed E-state index contributed by atoms with van der Waals surface area (Å²) in [7, 11) is 1.46. The summed E-state index contributed by atoms with van der Waals surface area (Å²) < 4.78 is 30.7. The molecule has 0 unspecified atom stereocenters. The lowest BCUT2D eigenvalue weighted by Gasteiger charge is -2.53. The first-order valence-corrected chi connectivity index (χ1v) is 16.7. The molecule has 3 heterocycles. The minimum atomic E-state index is -1.04. The van der Waals surface area contributed by atoms with E-state index in [1.807, 2.05) is 70.2 Å². The van der Waals surface area contributed by atoms with E-state index in [4.69, 9.17) is 23.7 Å². The molecule has 0 radical (unpaired) electrons. The highest BCUT2D eigenvalue weighted by Crippen LogP contribution is 2.66. The lowest BCUT2D eigenvalue weighted by atomic mass is 9.51. The van der Waals surface area contributed by atoms with Gasteiger partial charge in [0.25, 0.3) is 0 Å². The summed E-state index contributed by atoms with van der Waals surface area (Å²) in [6.45, 7) is 9.78. The van der Waals surface area contributed by atoms with Crippen LogP contribution in [-0.4, -0.2) is 77.5 Å². The van der Waals surface area contributed by atoms with Crippen LogP contribution in [0.5, 0.6) is 0 Å². The maximum absolute atomic E-state index is 13.7. The zero-order chi connectivity index (χ0) is 34.4. The first-order chi connectivity index (χ1) is 22.9. The number of aliphatic hydroxyl groups excluding tert-OH is 1. The van der Waals surface area contributed by atoms with Gasteiger partial charge in [-0.3, -0.25) is 0 Å². The van der Waals surface area contributed by atoms with Crippen molar-refractivity contribution in [1.29, 1.82) is 0 Å². The predicted octanol–water partition coefficient (Wildman–Crippen LogP) is 4.72. The number of methoxy groups -OCH3 is 1. The van der Waals surface area contributed by atoms with E-state index in [1.165, 1.54) is 7.11 Å². The molecule has 48 heavy (non-hydrogen) atoms. The van der Waals surface area contributed by atoms with Crippen LogP contribution >= 0.6 is 0 Å². The molecule has 1 spiro atoms. The van der Waals surface area contributed by atoms with Gasteiger partial charge in [-0.05, 0) is 43.5 Å². The molecule has 6 rings (SSSR count). The summed E-state index contributed by atoms with van der Waals surface area (Å²) in [5.74, 6) is -2.73. The van der Waals surface area contributed by atoms with Gasteiger partial charge in [-0.25, -0.2) is 14.4 Å². The monoisotopic (exact) mass is 662 g/mol. The summed E-state index contributed by atoms with van der Waals surface area (Å²) in [4.78, 5) is 42.5. The third kappa shape index (κ3) is 5.75. The Kier molecular flexibility index (Phi) is 9.32. The molecule has 11 heteroatoms. The van der Waals surface area contributed by atoms with Crippen LogP contribution in [0.2, 0.25) is 0 Å². The van der Waals surface area contributed by atoms with Crippen molar-refractivity contribution in [2.75, 3.05) is 7.11 Å². The van der Waals surface area contributed by atoms with Crippen molar-refractivity contribution >= 4 is 18.0 Å². The van der Waals surface area contributed by atoms with E-state index < -0.39 is 83.4 Å². The molecule has 4 aliphatic rings. The highest BCUT2D eigenvalue weighted by molar-refractivity contribution is 5.87. The number of aliphatic hydroxyl groups is 1. The molecule has 1 aromatic heterocycles. The third-order valence-electron chi connectivity index (χ3n) is 11.0. The van der Waals surface area contributed by atoms with Gasteiger partial charge in [-0.15, -0.1) is 0 Å². The van der Waals surface area contributed by atoms with Crippen LogP contribution in [0.4, 0.5) is 4.79 Å². The molecule has 258 valence electrons. The van der Waals surface area contributed by atoms with Crippen LogP contribution in [0.15, 0.2) is 72.5 Å². The topological polar surface area (TPSA) is 145 Å². The standard InChI is InChI=1S/C37H46N2O9/c1-20-17-21(2)37-25(18-27(44-6)34(42)46-29(20)23(4)45-35(43)39-19-24-11-8-7-9-12-24)14-15-36(5)31(37)28(40)22(3)30(32(36)48-37)47-33(41)26-13-10-16-38-26/h7-17,20,22-23,25,27-32,38,40H,18-19H2,1-6H3,(H,39,43)/b21-17+/t20-,22-,23-,25-,27+,28-,29+,30-,31-,32+,36-,37+/m1/s1. The Hall–Kier alpha value is -3.93. The predicted molar refractivity (Wildman–Crippen MR) is 174 cm³/mol. The smallest absolute Gasteiger partial charge is 0.407 e. The quantitative estimate of drug-likeness (QED) is 0.218. The largest absolute Gasteiger partial charge is 0.456 e. The Balaban J connectivity index is 1.32. The third-order valence-corrected chi connectivity index (χ3v) is 11.0. The lowest BCUT2D eigenvalue weighted by Crippen LogP contribution is -2.61. The van der Waals surface area contributed by atoms with E-state index in [0.717, 1.165) is 11.1 Å². The van der Waals surface area contributed by atoms with Gasteiger partial charge in [-0.1, -0.05) is 69.3 Å². The summed E-state index contributed by atoms with van der Waals surface area (Å²) in [5.41, 5.74) is 0.368. The highest BCUT2D eigenvalue weighted by atomic mass is 16.6. The van der Waals surface area contributed by atoms with E-state index in [0.29, 0.717) is 5.69 Å². The minimum absolute atomic E-state index is 0.220. The fraction of sp³-hybridized carbons (Fsp3) is 0.541. The second kappa shape index (κ2) is 13.2. The fourth-order valence-corrected chi connectivity index (χ4v) is 8.57. The molecular formula is C37H46N2O9. The summed E-state index contributed by atoms with van der Waals surface area (Å²) >= 11 is 0. The number of amides is 1. The van der Waals surface area contributed by atoms with Crippen LogP contribution in [0.25, 0.3) is 0 Å². The number of hydrogen-bond donors (Lipinski definition) is 3. The van der Waals surface area contributed by atoms with E-state index >= 15 is 0 Å². The molecule has 4 bridgehead atoms. The maximum atomic E-state index is 13.7. The average Bonchev–Trinajstić information content (AvgIpc) is 3.65. The molecule has 1 saturated carbocycles. The minimum Gasteiger partial charge on any atom is -0.456 e. The van der Waals surface area contributed by atoms with Crippen LogP contribution in [0.1, 0.15) is 57.1 Å². The Bertz CT molecular complexity index is 1560. The second-order valence-electron chi connectivity index (χ2n) is 14.0. The van der Waals surface area contributed by atoms with Gasteiger partial charge >= 0.3 is 18.0 Å². The number of esters is 2. The molecule has 2 aromatic rings. The normalized spacial score (nSPS) is 38.9. The first kappa shape index (κ1) is 34.0. The van der Waals surface area contributed by atoms with Gasteiger partial charge in [0, 0.05) is 48.9 Å². The van der Waals surface area contributed by atoms with Crippen LogP contribution in [0.3, 0.4) is 0 Å². The fourth-order valence-electron chi connectivity index (χ4n) is 8.57. The van der Waals surface area contributed by atoms with Crippen molar-refractivity contribution in [2.24, 2.45) is 29.1 Å². The highest BCUT2D eigenvalue weighted by Gasteiger charge is 2.73. The van der Waals surface area contributed by atoms with Gasteiger partial charge in [0.2, 0.25) is 0 Å². The molecule has 1 amide bonds. The van der Waals surface area contributed by atoms with Crippen LogP contribution < -0.4 is 5.32 Å². The molecule has 1 saturated heterocycles. The van der Waals surface area contributed by atoms with Gasteiger partial charge in [0.05, 0.1) is 6.10 Å².